The Labute approximate surface area is 129 Å². The van der Waals surface area contributed by atoms with E-state index in [0.29, 0.717) is 17.2 Å². The maximum atomic E-state index is 13.3. The fourth-order valence-electron chi connectivity index (χ4n) is 3.10. The molecule has 0 saturated carbocycles. The zero-order valence-corrected chi connectivity index (χ0v) is 12.9. The normalized spacial score (nSPS) is 18.0. The van der Waals surface area contributed by atoms with Crippen molar-refractivity contribution >= 4 is 5.91 Å². The summed E-state index contributed by atoms with van der Waals surface area (Å²) in [6.07, 6.45) is 3.51. The molecule has 0 radical (unpaired) electrons. The number of carbonyl (C=O) groups is 1. The highest BCUT2D eigenvalue weighted by Gasteiger charge is 2.28. The molecule has 4 nitrogen and oxygen atoms in total. The Morgan fingerprint density at radius 2 is 2.23 bits per heavy atom. The van der Waals surface area contributed by atoms with E-state index in [0.717, 1.165) is 31.5 Å². The molecule has 2 heterocycles. The third-order valence-electron chi connectivity index (χ3n) is 4.36. The highest BCUT2D eigenvalue weighted by molar-refractivity contribution is 5.92. The minimum absolute atomic E-state index is 0.0396. The Balaban J connectivity index is 1.64. The van der Waals surface area contributed by atoms with Gasteiger partial charge in [0.2, 0.25) is 0 Å². The van der Waals surface area contributed by atoms with Crippen LogP contribution < -0.4 is 0 Å². The van der Waals surface area contributed by atoms with E-state index >= 15 is 0 Å². The van der Waals surface area contributed by atoms with Crippen LogP contribution in [0.25, 0.3) is 0 Å². The number of benzene rings is 1. The summed E-state index contributed by atoms with van der Waals surface area (Å²) in [6, 6.07) is 7.02. The second-order valence-corrected chi connectivity index (χ2v) is 6.03. The SMILES string of the molecule is Cc1cc(CC2CCN(C(=O)c3ccnn3C)C2)ccc1F. The van der Waals surface area contributed by atoms with Gasteiger partial charge in [-0.15, -0.1) is 0 Å². The van der Waals surface area contributed by atoms with Crippen LogP contribution in [0, 0.1) is 18.7 Å². The number of aryl methyl sites for hydroxylation is 2. The lowest BCUT2D eigenvalue weighted by Gasteiger charge is -2.16. The van der Waals surface area contributed by atoms with Crippen LogP contribution in [0.4, 0.5) is 4.39 Å². The highest BCUT2D eigenvalue weighted by Crippen LogP contribution is 2.23. The molecule has 22 heavy (non-hydrogen) atoms. The van der Waals surface area contributed by atoms with Gasteiger partial charge in [-0.25, -0.2) is 4.39 Å². The largest absolute Gasteiger partial charge is 0.337 e. The van der Waals surface area contributed by atoms with E-state index < -0.39 is 0 Å². The minimum atomic E-state index is -0.164. The Morgan fingerprint density at radius 3 is 2.91 bits per heavy atom. The summed E-state index contributed by atoms with van der Waals surface area (Å²) in [5.74, 6) is 0.308. The number of halogens is 1. The zero-order valence-electron chi connectivity index (χ0n) is 12.9. The first-order valence-corrected chi connectivity index (χ1v) is 7.57. The predicted molar refractivity (Wildman–Crippen MR) is 82.1 cm³/mol. The molecule has 5 heteroatoms. The average Bonchev–Trinajstić information content (AvgIpc) is 3.11. The average molecular weight is 301 g/mol. The van der Waals surface area contributed by atoms with Crippen LogP contribution in [-0.2, 0) is 13.5 Å². The van der Waals surface area contributed by atoms with E-state index in [-0.39, 0.29) is 11.7 Å². The molecule has 1 aromatic heterocycles. The van der Waals surface area contributed by atoms with Gasteiger partial charge in [-0.1, -0.05) is 12.1 Å². The first-order valence-electron chi connectivity index (χ1n) is 7.57. The lowest BCUT2D eigenvalue weighted by atomic mass is 9.97. The number of hydrogen-bond donors (Lipinski definition) is 0. The Bertz CT molecular complexity index is 695. The molecule has 2 aromatic rings. The topological polar surface area (TPSA) is 38.1 Å². The van der Waals surface area contributed by atoms with E-state index in [1.54, 1.807) is 30.9 Å². The van der Waals surface area contributed by atoms with E-state index in [4.69, 9.17) is 0 Å². The number of aromatic nitrogens is 2. The van der Waals surface area contributed by atoms with Crippen LogP contribution in [0.3, 0.4) is 0 Å². The summed E-state index contributed by atoms with van der Waals surface area (Å²) in [7, 11) is 1.78. The molecule has 0 bridgehead atoms. The standard InChI is InChI=1S/C17H20FN3O/c1-12-9-13(3-4-15(12)18)10-14-6-8-21(11-14)17(22)16-5-7-19-20(16)2/h3-5,7,9,14H,6,8,10-11H2,1-2H3. The summed E-state index contributed by atoms with van der Waals surface area (Å²) >= 11 is 0. The third-order valence-corrected chi connectivity index (χ3v) is 4.36. The van der Waals surface area contributed by atoms with Crippen molar-refractivity contribution in [1.29, 1.82) is 0 Å². The van der Waals surface area contributed by atoms with Crippen molar-refractivity contribution in [1.82, 2.24) is 14.7 Å². The van der Waals surface area contributed by atoms with Crippen LogP contribution in [0.1, 0.15) is 28.0 Å². The lowest BCUT2D eigenvalue weighted by molar-refractivity contribution is 0.0776. The molecule has 1 aromatic carbocycles. The first-order chi connectivity index (χ1) is 10.5. The Kier molecular flexibility index (Phi) is 3.96. The molecular formula is C17H20FN3O. The summed E-state index contributed by atoms with van der Waals surface area (Å²) < 4.78 is 14.9. The van der Waals surface area contributed by atoms with E-state index in [1.165, 1.54) is 6.07 Å². The summed E-state index contributed by atoms with van der Waals surface area (Å²) in [4.78, 5) is 14.3. The van der Waals surface area contributed by atoms with Gasteiger partial charge in [0, 0.05) is 26.3 Å². The van der Waals surface area contributed by atoms with Crippen molar-refractivity contribution in [2.24, 2.45) is 13.0 Å². The summed E-state index contributed by atoms with van der Waals surface area (Å²) in [5.41, 5.74) is 2.44. The molecule has 1 aliphatic rings. The molecule has 3 rings (SSSR count). The van der Waals surface area contributed by atoms with Gasteiger partial charge in [0.1, 0.15) is 11.5 Å². The quantitative estimate of drug-likeness (QED) is 0.874. The molecule has 1 fully saturated rings. The molecule has 0 spiro atoms. The Morgan fingerprint density at radius 1 is 1.41 bits per heavy atom. The monoisotopic (exact) mass is 301 g/mol. The molecular weight excluding hydrogens is 281 g/mol. The fourth-order valence-corrected chi connectivity index (χ4v) is 3.10. The van der Waals surface area contributed by atoms with Gasteiger partial charge in [-0.05, 0) is 48.9 Å². The van der Waals surface area contributed by atoms with Crippen LogP contribution >= 0.6 is 0 Å². The molecule has 0 aliphatic carbocycles. The maximum absolute atomic E-state index is 13.3. The van der Waals surface area contributed by atoms with Gasteiger partial charge in [0.25, 0.3) is 5.91 Å². The fraction of sp³-hybridized carbons (Fsp3) is 0.412. The van der Waals surface area contributed by atoms with Crippen LogP contribution in [0.5, 0.6) is 0 Å². The number of hydrogen-bond acceptors (Lipinski definition) is 2. The molecule has 116 valence electrons. The lowest BCUT2D eigenvalue weighted by Crippen LogP contribution is -2.30. The molecule has 1 atom stereocenters. The van der Waals surface area contributed by atoms with Crippen molar-refractivity contribution in [3.8, 4) is 0 Å². The van der Waals surface area contributed by atoms with Crippen molar-refractivity contribution in [2.75, 3.05) is 13.1 Å². The smallest absolute Gasteiger partial charge is 0.272 e. The highest BCUT2D eigenvalue weighted by atomic mass is 19.1. The minimum Gasteiger partial charge on any atom is -0.337 e. The molecule has 1 amide bonds. The second-order valence-electron chi connectivity index (χ2n) is 6.03. The van der Waals surface area contributed by atoms with Crippen molar-refractivity contribution in [3.05, 3.63) is 53.1 Å². The number of likely N-dealkylation sites (tertiary alicyclic amines) is 1. The van der Waals surface area contributed by atoms with Crippen LogP contribution in [0.2, 0.25) is 0 Å². The molecule has 0 N–H and O–H groups in total. The van der Waals surface area contributed by atoms with Crippen molar-refractivity contribution < 1.29 is 9.18 Å². The molecule has 1 aliphatic heterocycles. The molecule has 1 saturated heterocycles. The van der Waals surface area contributed by atoms with Gasteiger partial charge >= 0.3 is 0 Å². The number of rotatable bonds is 3. The van der Waals surface area contributed by atoms with E-state index in [9.17, 15) is 9.18 Å². The summed E-state index contributed by atoms with van der Waals surface area (Å²) in [6.45, 7) is 3.31. The van der Waals surface area contributed by atoms with Gasteiger partial charge in [0.05, 0.1) is 0 Å². The van der Waals surface area contributed by atoms with E-state index in [1.807, 2.05) is 17.0 Å². The third kappa shape index (κ3) is 2.89. The van der Waals surface area contributed by atoms with Crippen LogP contribution in [0.15, 0.2) is 30.5 Å². The van der Waals surface area contributed by atoms with Gasteiger partial charge in [-0.2, -0.15) is 5.10 Å². The zero-order chi connectivity index (χ0) is 15.7. The van der Waals surface area contributed by atoms with Gasteiger partial charge in [0.15, 0.2) is 0 Å². The second kappa shape index (κ2) is 5.91. The molecule has 1 unspecified atom stereocenters. The van der Waals surface area contributed by atoms with Crippen molar-refractivity contribution in [2.45, 2.75) is 19.8 Å². The number of amides is 1. The van der Waals surface area contributed by atoms with E-state index in [2.05, 4.69) is 5.10 Å². The predicted octanol–water partition coefficient (Wildman–Crippen LogP) is 2.57. The number of carbonyl (C=O) groups excluding carboxylic acids is 1. The van der Waals surface area contributed by atoms with Crippen LogP contribution in [-0.4, -0.2) is 33.7 Å². The van der Waals surface area contributed by atoms with Crippen molar-refractivity contribution in [3.63, 3.8) is 0 Å². The first kappa shape index (κ1) is 14.8. The van der Waals surface area contributed by atoms with Gasteiger partial charge in [-0.3, -0.25) is 9.48 Å². The summed E-state index contributed by atoms with van der Waals surface area (Å²) in [5, 5.41) is 4.05. The number of nitrogens with zero attached hydrogens (tertiary/aromatic N) is 3. The van der Waals surface area contributed by atoms with Gasteiger partial charge < -0.3 is 4.90 Å². The maximum Gasteiger partial charge on any atom is 0.272 e. The Hall–Kier alpha value is -2.17.